The van der Waals surface area contributed by atoms with E-state index in [2.05, 4.69) is 32.9 Å². The van der Waals surface area contributed by atoms with Crippen LogP contribution in [0.4, 0.5) is 0 Å². The highest BCUT2D eigenvalue weighted by atomic mass is 16.5. The van der Waals surface area contributed by atoms with E-state index in [4.69, 9.17) is 4.74 Å². The van der Waals surface area contributed by atoms with Crippen molar-refractivity contribution in [1.82, 2.24) is 0 Å². The first-order chi connectivity index (χ1) is 9.41. The van der Waals surface area contributed by atoms with Gasteiger partial charge in [-0.25, -0.2) is 0 Å². The molecule has 0 saturated carbocycles. The van der Waals surface area contributed by atoms with Crippen LogP contribution in [0.15, 0.2) is 47.6 Å². The van der Waals surface area contributed by atoms with Crippen molar-refractivity contribution >= 4 is 5.78 Å². The lowest BCUT2D eigenvalue weighted by atomic mass is 9.83. The maximum absolute atomic E-state index is 12.4. The van der Waals surface area contributed by atoms with Crippen molar-refractivity contribution < 1.29 is 9.53 Å². The Labute approximate surface area is 121 Å². The molecule has 1 aliphatic carbocycles. The van der Waals surface area contributed by atoms with Crippen LogP contribution in [0.3, 0.4) is 0 Å². The molecule has 0 bridgehead atoms. The molecule has 106 valence electrons. The molecule has 0 radical (unpaired) electrons. The number of hydrogen-bond donors (Lipinski definition) is 0. The van der Waals surface area contributed by atoms with Crippen molar-refractivity contribution in [3.63, 3.8) is 0 Å². The van der Waals surface area contributed by atoms with Gasteiger partial charge < -0.3 is 4.74 Å². The summed E-state index contributed by atoms with van der Waals surface area (Å²) in [6.45, 7) is 6.57. The zero-order valence-electron chi connectivity index (χ0n) is 12.7. The second-order valence-corrected chi connectivity index (χ2v) is 6.21. The first-order valence-electron chi connectivity index (χ1n) is 6.98. The number of carbonyl (C=O) groups excluding carboxylic acids is 1. The van der Waals surface area contributed by atoms with E-state index in [0.717, 1.165) is 17.7 Å². The molecule has 0 aliphatic heterocycles. The van der Waals surface area contributed by atoms with Crippen molar-refractivity contribution in [2.45, 2.75) is 33.6 Å². The van der Waals surface area contributed by atoms with Crippen molar-refractivity contribution in [3.05, 3.63) is 53.1 Å². The lowest BCUT2D eigenvalue weighted by Gasteiger charge is -2.21. The van der Waals surface area contributed by atoms with Crippen molar-refractivity contribution in [2.75, 3.05) is 7.11 Å². The van der Waals surface area contributed by atoms with E-state index in [1.807, 2.05) is 24.3 Å². The Morgan fingerprint density at radius 3 is 2.70 bits per heavy atom. The highest BCUT2D eigenvalue weighted by molar-refractivity contribution is 5.98. The Balaban J connectivity index is 2.20. The van der Waals surface area contributed by atoms with E-state index < -0.39 is 0 Å². The first kappa shape index (κ1) is 14.6. The second kappa shape index (κ2) is 5.66. The van der Waals surface area contributed by atoms with Gasteiger partial charge in [-0.15, -0.1) is 0 Å². The van der Waals surface area contributed by atoms with Crippen LogP contribution in [0.2, 0.25) is 0 Å². The maximum Gasteiger partial charge on any atom is 0.167 e. The third-order valence-electron chi connectivity index (χ3n) is 3.60. The quantitative estimate of drug-likeness (QED) is 0.749. The number of carbonyl (C=O) groups is 1. The molecule has 2 heteroatoms. The number of Topliss-reactive ketones (excluding diaryl/α,β-unsaturated/α-hetero) is 1. The molecule has 0 spiro atoms. The summed E-state index contributed by atoms with van der Waals surface area (Å²) in [4.78, 5) is 12.4. The van der Waals surface area contributed by atoms with E-state index in [1.54, 1.807) is 7.11 Å². The minimum absolute atomic E-state index is 0.0942. The standard InChI is InChI=1S/C18H22O2/c1-18(2,3)16-10-6-7-13(16)12-17(19)14-8-5-9-15(11-14)20-4/h5-6,8-11H,7,12H2,1-4H3. The van der Waals surface area contributed by atoms with Gasteiger partial charge in [-0.3, -0.25) is 4.79 Å². The van der Waals surface area contributed by atoms with E-state index in [9.17, 15) is 4.79 Å². The van der Waals surface area contributed by atoms with E-state index in [-0.39, 0.29) is 11.2 Å². The fraction of sp³-hybridized carbons (Fsp3) is 0.389. The van der Waals surface area contributed by atoms with E-state index >= 15 is 0 Å². The monoisotopic (exact) mass is 270 g/mol. The Kier molecular flexibility index (Phi) is 4.12. The van der Waals surface area contributed by atoms with Crippen LogP contribution >= 0.6 is 0 Å². The molecule has 0 aromatic heterocycles. The minimum atomic E-state index is 0.0942. The number of hydrogen-bond acceptors (Lipinski definition) is 2. The number of ether oxygens (including phenoxy) is 1. The largest absolute Gasteiger partial charge is 0.497 e. The van der Waals surface area contributed by atoms with Crippen LogP contribution in [0.1, 0.15) is 44.0 Å². The zero-order chi connectivity index (χ0) is 14.8. The zero-order valence-corrected chi connectivity index (χ0v) is 12.7. The molecule has 2 nitrogen and oxygen atoms in total. The molecule has 0 N–H and O–H groups in total. The highest BCUT2D eigenvalue weighted by Gasteiger charge is 2.23. The molecule has 0 saturated heterocycles. The Bertz CT molecular complexity index is 571. The van der Waals surface area contributed by atoms with Crippen LogP contribution < -0.4 is 4.74 Å². The molecule has 1 aliphatic rings. The predicted octanol–water partition coefficient (Wildman–Crippen LogP) is 4.57. The van der Waals surface area contributed by atoms with Crippen molar-refractivity contribution in [3.8, 4) is 5.75 Å². The van der Waals surface area contributed by atoms with Gasteiger partial charge in [0.25, 0.3) is 0 Å². The van der Waals surface area contributed by atoms with Crippen LogP contribution in [0, 0.1) is 5.41 Å². The van der Waals surface area contributed by atoms with Crippen LogP contribution in [-0.4, -0.2) is 12.9 Å². The SMILES string of the molecule is COc1cccc(C(=O)CC2=C(C(C)(C)C)C=CC2)c1. The van der Waals surface area contributed by atoms with Gasteiger partial charge >= 0.3 is 0 Å². The molecule has 0 heterocycles. The second-order valence-electron chi connectivity index (χ2n) is 6.21. The topological polar surface area (TPSA) is 26.3 Å². The molecule has 20 heavy (non-hydrogen) atoms. The van der Waals surface area contributed by atoms with Gasteiger partial charge in [0.2, 0.25) is 0 Å². The average molecular weight is 270 g/mol. The molecule has 0 amide bonds. The number of rotatable bonds is 4. The average Bonchev–Trinajstić information content (AvgIpc) is 2.87. The lowest BCUT2D eigenvalue weighted by molar-refractivity contribution is 0.0991. The van der Waals surface area contributed by atoms with Gasteiger partial charge in [-0.2, -0.15) is 0 Å². The van der Waals surface area contributed by atoms with Gasteiger partial charge in [0, 0.05) is 12.0 Å². The predicted molar refractivity (Wildman–Crippen MR) is 82.2 cm³/mol. The summed E-state index contributed by atoms with van der Waals surface area (Å²) >= 11 is 0. The van der Waals surface area contributed by atoms with Gasteiger partial charge in [-0.1, -0.05) is 50.6 Å². The molecule has 0 fully saturated rings. The molecular weight excluding hydrogens is 248 g/mol. The minimum Gasteiger partial charge on any atom is -0.497 e. The summed E-state index contributed by atoms with van der Waals surface area (Å²) in [5.41, 5.74) is 3.35. The van der Waals surface area contributed by atoms with Gasteiger partial charge in [0.05, 0.1) is 7.11 Å². The van der Waals surface area contributed by atoms with E-state index in [1.165, 1.54) is 11.1 Å². The molecule has 0 unspecified atom stereocenters. The summed E-state index contributed by atoms with van der Waals surface area (Å²) in [5.74, 6) is 0.884. The van der Waals surface area contributed by atoms with Gasteiger partial charge in [-0.05, 0) is 29.5 Å². The van der Waals surface area contributed by atoms with Gasteiger partial charge in [0.15, 0.2) is 5.78 Å². The summed E-state index contributed by atoms with van der Waals surface area (Å²) in [5, 5.41) is 0. The molecule has 1 aromatic rings. The number of methoxy groups -OCH3 is 1. The summed E-state index contributed by atoms with van der Waals surface area (Å²) in [6, 6.07) is 7.37. The third kappa shape index (κ3) is 3.19. The lowest BCUT2D eigenvalue weighted by Crippen LogP contribution is -2.10. The summed E-state index contributed by atoms with van der Waals surface area (Å²) in [7, 11) is 1.62. The number of allylic oxidation sites excluding steroid dienone is 4. The Hall–Kier alpha value is -1.83. The van der Waals surface area contributed by atoms with Gasteiger partial charge in [0.1, 0.15) is 5.75 Å². The first-order valence-corrected chi connectivity index (χ1v) is 6.98. The molecule has 0 atom stereocenters. The third-order valence-corrected chi connectivity index (χ3v) is 3.60. The summed E-state index contributed by atoms with van der Waals surface area (Å²) in [6.07, 6.45) is 5.69. The Morgan fingerprint density at radius 1 is 1.30 bits per heavy atom. The van der Waals surface area contributed by atoms with E-state index in [0.29, 0.717) is 6.42 Å². The van der Waals surface area contributed by atoms with Crippen molar-refractivity contribution in [1.29, 1.82) is 0 Å². The molecular formula is C18H22O2. The maximum atomic E-state index is 12.4. The normalized spacial score (nSPS) is 14.8. The Morgan fingerprint density at radius 2 is 2.05 bits per heavy atom. The van der Waals surface area contributed by atoms with Crippen LogP contribution in [0.25, 0.3) is 0 Å². The smallest absolute Gasteiger partial charge is 0.167 e. The highest BCUT2D eigenvalue weighted by Crippen LogP contribution is 2.36. The summed E-state index contributed by atoms with van der Waals surface area (Å²) < 4.78 is 5.17. The van der Waals surface area contributed by atoms with Crippen molar-refractivity contribution in [2.24, 2.45) is 5.41 Å². The molecule has 1 aromatic carbocycles. The fourth-order valence-corrected chi connectivity index (χ4v) is 2.59. The molecule has 2 rings (SSSR count). The number of ketones is 1. The number of benzene rings is 1. The van der Waals surface area contributed by atoms with Crippen LogP contribution in [0.5, 0.6) is 5.75 Å². The van der Waals surface area contributed by atoms with Crippen LogP contribution in [-0.2, 0) is 0 Å². The fourth-order valence-electron chi connectivity index (χ4n) is 2.59.